The largest absolute Gasteiger partial charge is 0.416 e. The van der Waals surface area contributed by atoms with Gasteiger partial charge in [-0.1, -0.05) is 19.1 Å². The summed E-state index contributed by atoms with van der Waals surface area (Å²) in [5.74, 6) is -0.374. The van der Waals surface area contributed by atoms with E-state index < -0.39 is 17.8 Å². The Labute approximate surface area is 221 Å². The molecule has 1 aliphatic heterocycles. The zero-order chi connectivity index (χ0) is 27.7. The van der Waals surface area contributed by atoms with Crippen LogP contribution >= 0.6 is 0 Å². The van der Waals surface area contributed by atoms with Crippen molar-refractivity contribution < 1.29 is 22.8 Å². The fourth-order valence-corrected chi connectivity index (χ4v) is 4.64. The van der Waals surface area contributed by atoms with Crippen molar-refractivity contribution in [3.05, 3.63) is 88.7 Å². The molecule has 200 valence electrons. The Morgan fingerprint density at radius 3 is 2.54 bits per heavy atom. The number of urea groups is 1. The number of nitrogens with two attached hydrogens (primary N) is 1. The average molecular weight is 536 g/mol. The molecule has 9 nitrogen and oxygen atoms in total. The molecule has 5 rings (SSSR count). The standard InChI is InChI=1S/C27H24F3N7O2/c1-14(21-22-19(9-11-32-24(22)38)36-23(21)20-10-12-33-25(31)37-20)15-3-2-4-18(13-15)35-26(39)34-17-7-5-16(6-8-17)27(28,29)30/h2-8,10,12-14,36H,9,11H2,1H3,(H,32,38)(H2,31,33,37)(H2,34,35,39). The van der Waals surface area contributed by atoms with Crippen LogP contribution in [0.15, 0.2) is 60.8 Å². The predicted molar refractivity (Wildman–Crippen MR) is 140 cm³/mol. The minimum atomic E-state index is -4.46. The third-order valence-corrected chi connectivity index (χ3v) is 6.48. The first-order valence-corrected chi connectivity index (χ1v) is 12.1. The summed E-state index contributed by atoms with van der Waals surface area (Å²) < 4.78 is 38.4. The van der Waals surface area contributed by atoms with Gasteiger partial charge in [0, 0.05) is 42.1 Å². The molecular weight excluding hydrogens is 511 g/mol. The van der Waals surface area contributed by atoms with Crippen LogP contribution in [0.3, 0.4) is 0 Å². The van der Waals surface area contributed by atoms with Crippen molar-refractivity contribution in [1.82, 2.24) is 20.3 Å². The number of hydrogen-bond acceptors (Lipinski definition) is 5. The Morgan fingerprint density at radius 2 is 1.82 bits per heavy atom. The van der Waals surface area contributed by atoms with E-state index in [-0.39, 0.29) is 23.5 Å². The van der Waals surface area contributed by atoms with Gasteiger partial charge in [-0.15, -0.1) is 0 Å². The number of hydrogen-bond donors (Lipinski definition) is 5. The summed E-state index contributed by atoms with van der Waals surface area (Å²) in [4.78, 5) is 37.1. The third kappa shape index (κ3) is 5.40. The highest BCUT2D eigenvalue weighted by Gasteiger charge is 2.31. The third-order valence-electron chi connectivity index (χ3n) is 6.48. The average Bonchev–Trinajstić information content (AvgIpc) is 3.29. The molecule has 6 N–H and O–H groups in total. The maximum atomic E-state index is 12.9. The molecule has 1 atom stereocenters. The van der Waals surface area contributed by atoms with E-state index in [9.17, 15) is 22.8 Å². The monoisotopic (exact) mass is 535 g/mol. The first kappa shape index (κ1) is 25.8. The molecule has 2 aromatic heterocycles. The second-order valence-electron chi connectivity index (χ2n) is 9.07. The number of nitrogens with one attached hydrogen (secondary N) is 4. The fourth-order valence-electron chi connectivity index (χ4n) is 4.64. The van der Waals surface area contributed by atoms with E-state index in [0.29, 0.717) is 35.6 Å². The van der Waals surface area contributed by atoms with Crippen molar-refractivity contribution in [1.29, 1.82) is 0 Å². The number of nitrogens with zero attached hydrogens (tertiary/aromatic N) is 2. The topological polar surface area (TPSA) is 138 Å². The normalized spacial score (nSPS) is 13.8. The molecule has 0 aliphatic carbocycles. The van der Waals surface area contributed by atoms with Gasteiger partial charge in [0.15, 0.2) is 0 Å². The number of aromatic nitrogens is 3. The van der Waals surface area contributed by atoms with Crippen molar-refractivity contribution in [3.8, 4) is 11.4 Å². The van der Waals surface area contributed by atoms with Gasteiger partial charge in [0.1, 0.15) is 0 Å². The first-order valence-electron chi connectivity index (χ1n) is 12.1. The smallest absolute Gasteiger partial charge is 0.368 e. The number of carbonyl (C=O) groups is 2. The predicted octanol–water partition coefficient (Wildman–Crippen LogP) is 5.15. The Hall–Kier alpha value is -4.87. The maximum absolute atomic E-state index is 12.9. The quantitative estimate of drug-likeness (QED) is 0.241. The lowest BCUT2D eigenvalue weighted by Crippen LogP contribution is -2.32. The van der Waals surface area contributed by atoms with E-state index in [1.54, 1.807) is 30.5 Å². The second kappa shape index (κ2) is 10.1. The Kier molecular flexibility index (Phi) is 6.69. The number of fused-ring (bicyclic) bond motifs is 1. The van der Waals surface area contributed by atoms with Crippen molar-refractivity contribution in [3.63, 3.8) is 0 Å². The number of nitrogen functional groups attached to an aromatic ring is 1. The number of amides is 3. The summed E-state index contributed by atoms with van der Waals surface area (Å²) in [6.07, 6.45) is -2.28. The second-order valence-corrected chi connectivity index (χ2v) is 9.07. The molecule has 2 aromatic carbocycles. The van der Waals surface area contributed by atoms with Gasteiger partial charge < -0.3 is 26.7 Å². The van der Waals surface area contributed by atoms with Gasteiger partial charge >= 0.3 is 12.2 Å². The van der Waals surface area contributed by atoms with Crippen molar-refractivity contribution >= 4 is 29.3 Å². The van der Waals surface area contributed by atoms with Crippen LogP contribution < -0.4 is 21.7 Å². The molecule has 1 unspecified atom stereocenters. The SMILES string of the molecule is CC(c1cccc(NC(=O)Nc2ccc(C(F)(F)F)cc2)c1)c1c(-c2ccnc(N)n2)[nH]c2c1C(=O)NCC2. The van der Waals surface area contributed by atoms with Crippen LogP contribution in [-0.2, 0) is 12.6 Å². The van der Waals surface area contributed by atoms with Crippen LogP contribution in [0.2, 0.25) is 0 Å². The number of alkyl halides is 3. The lowest BCUT2D eigenvalue weighted by Gasteiger charge is -2.19. The number of aromatic amines is 1. The van der Waals surface area contributed by atoms with Crippen LogP contribution in [-0.4, -0.2) is 33.4 Å². The molecule has 0 saturated carbocycles. The molecule has 0 fully saturated rings. The molecule has 39 heavy (non-hydrogen) atoms. The summed E-state index contributed by atoms with van der Waals surface area (Å²) in [7, 11) is 0. The van der Waals surface area contributed by atoms with Crippen LogP contribution in [0.1, 0.15) is 45.6 Å². The zero-order valence-electron chi connectivity index (χ0n) is 20.7. The summed E-state index contributed by atoms with van der Waals surface area (Å²) in [5.41, 5.74) is 9.82. The van der Waals surface area contributed by atoms with E-state index in [1.807, 2.05) is 13.0 Å². The van der Waals surface area contributed by atoms with Crippen LogP contribution in [0.4, 0.5) is 35.3 Å². The van der Waals surface area contributed by atoms with E-state index >= 15 is 0 Å². The van der Waals surface area contributed by atoms with E-state index in [1.165, 1.54) is 12.1 Å². The number of rotatable bonds is 5. The number of carbonyl (C=O) groups excluding carboxylic acids is 2. The van der Waals surface area contributed by atoms with E-state index in [2.05, 4.69) is 30.9 Å². The fraction of sp³-hybridized carbons (Fsp3) is 0.185. The molecule has 3 amide bonds. The maximum Gasteiger partial charge on any atom is 0.416 e. The van der Waals surface area contributed by atoms with Crippen molar-refractivity contribution in [2.24, 2.45) is 0 Å². The molecular formula is C27H24F3N7O2. The number of H-pyrrole nitrogens is 1. The molecule has 3 heterocycles. The van der Waals surface area contributed by atoms with Gasteiger partial charge in [-0.25, -0.2) is 14.8 Å². The Morgan fingerprint density at radius 1 is 1.08 bits per heavy atom. The van der Waals surface area contributed by atoms with E-state index in [4.69, 9.17) is 5.73 Å². The van der Waals surface area contributed by atoms with E-state index in [0.717, 1.165) is 29.0 Å². The molecule has 0 radical (unpaired) electrons. The minimum absolute atomic E-state index is 0.105. The van der Waals surface area contributed by atoms with Crippen molar-refractivity contribution in [2.45, 2.75) is 25.4 Å². The lowest BCUT2D eigenvalue weighted by molar-refractivity contribution is -0.137. The molecule has 0 spiro atoms. The Balaban J connectivity index is 1.41. The highest BCUT2D eigenvalue weighted by Crippen LogP contribution is 2.38. The lowest BCUT2D eigenvalue weighted by atomic mass is 9.87. The van der Waals surface area contributed by atoms with Gasteiger partial charge in [-0.2, -0.15) is 13.2 Å². The molecule has 0 saturated heterocycles. The van der Waals surface area contributed by atoms with Crippen LogP contribution in [0, 0.1) is 0 Å². The minimum Gasteiger partial charge on any atom is -0.368 e. The van der Waals surface area contributed by atoms with Gasteiger partial charge in [0.05, 0.1) is 22.5 Å². The van der Waals surface area contributed by atoms with Crippen molar-refractivity contribution in [2.75, 3.05) is 22.9 Å². The summed E-state index contributed by atoms with van der Waals surface area (Å²) in [6, 6.07) is 12.4. The number of halogens is 3. The summed E-state index contributed by atoms with van der Waals surface area (Å²) in [6.45, 7) is 2.46. The highest BCUT2D eigenvalue weighted by atomic mass is 19.4. The zero-order valence-corrected chi connectivity index (χ0v) is 20.7. The van der Waals surface area contributed by atoms with Gasteiger partial charge in [-0.05, 0) is 53.6 Å². The number of benzene rings is 2. The highest BCUT2D eigenvalue weighted by molar-refractivity contribution is 6.01. The van der Waals surface area contributed by atoms with Gasteiger partial charge in [0.2, 0.25) is 5.95 Å². The summed E-state index contributed by atoms with van der Waals surface area (Å²) >= 11 is 0. The molecule has 4 aromatic rings. The Bertz CT molecular complexity index is 1550. The molecule has 1 aliphatic rings. The van der Waals surface area contributed by atoms with Crippen LogP contribution in [0.5, 0.6) is 0 Å². The van der Waals surface area contributed by atoms with Gasteiger partial charge in [0.25, 0.3) is 5.91 Å². The summed E-state index contributed by atoms with van der Waals surface area (Å²) in [5, 5.41) is 8.12. The number of anilines is 3. The van der Waals surface area contributed by atoms with Gasteiger partial charge in [-0.3, -0.25) is 4.79 Å². The molecule has 0 bridgehead atoms. The van der Waals surface area contributed by atoms with Crippen LogP contribution in [0.25, 0.3) is 11.4 Å². The molecule has 12 heteroatoms. The first-order chi connectivity index (χ1) is 18.6.